The first-order valence-electron chi connectivity index (χ1n) is 7.82. The van der Waals surface area contributed by atoms with Crippen LogP contribution in [-0.2, 0) is 0 Å². The fourth-order valence-electron chi connectivity index (χ4n) is 3.80. The van der Waals surface area contributed by atoms with Crippen LogP contribution < -0.4 is 5.32 Å². The van der Waals surface area contributed by atoms with Crippen molar-refractivity contribution < 1.29 is 9.18 Å². The smallest absolute Gasteiger partial charge is 0.263 e. The number of rotatable bonds is 2. The summed E-state index contributed by atoms with van der Waals surface area (Å²) >= 11 is 1.45. The normalized spacial score (nSPS) is 26.1. The first-order chi connectivity index (χ1) is 10.6. The summed E-state index contributed by atoms with van der Waals surface area (Å²) in [5, 5.41) is 4.42. The highest BCUT2D eigenvalue weighted by Gasteiger charge is 2.36. The van der Waals surface area contributed by atoms with E-state index in [0.717, 1.165) is 22.9 Å². The molecule has 2 saturated heterocycles. The molecule has 23 heavy (non-hydrogen) atoms. The number of nitrogens with zero attached hydrogens (tertiary/aromatic N) is 1. The van der Waals surface area contributed by atoms with Crippen molar-refractivity contribution in [3.63, 3.8) is 0 Å². The molecule has 1 amide bonds. The third kappa shape index (κ3) is 3.10. The molecule has 6 heteroatoms. The highest BCUT2D eigenvalue weighted by atomic mass is 35.5. The monoisotopic (exact) mass is 354 g/mol. The van der Waals surface area contributed by atoms with Crippen LogP contribution >= 0.6 is 23.7 Å². The lowest BCUT2D eigenvalue weighted by atomic mass is 9.98. The molecule has 2 bridgehead atoms. The molecule has 124 valence electrons. The van der Waals surface area contributed by atoms with Gasteiger partial charge in [0.2, 0.25) is 0 Å². The van der Waals surface area contributed by atoms with E-state index in [9.17, 15) is 9.18 Å². The van der Waals surface area contributed by atoms with Gasteiger partial charge in [0.15, 0.2) is 0 Å². The van der Waals surface area contributed by atoms with E-state index in [4.69, 9.17) is 0 Å². The highest BCUT2D eigenvalue weighted by Crippen LogP contribution is 2.32. The minimum absolute atomic E-state index is 0. The van der Waals surface area contributed by atoms with E-state index in [1.54, 1.807) is 6.07 Å². The van der Waals surface area contributed by atoms with E-state index in [0.29, 0.717) is 23.0 Å². The maximum atomic E-state index is 13.3. The van der Waals surface area contributed by atoms with Crippen molar-refractivity contribution in [2.75, 3.05) is 7.05 Å². The van der Waals surface area contributed by atoms with E-state index in [-0.39, 0.29) is 24.1 Å². The van der Waals surface area contributed by atoms with Crippen LogP contribution in [0.4, 0.5) is 4.39 Å². The van der Waals surface area contributed by atoms with Crippen molar-refractivity contribution in [3.8, 4) is 0 Å². The zero-order valence-corrected chi connectivity index (χ0v) is 14.6. The Morgan fingerprint density at radius 2 is 1.96 bits per heavy atom. The number of thiophene rings is 1. The number of amides is 1. The number of piperidine rings is 1. The van der Waals surface area contributed by atoms with Gasteiger partial charge in [0.25, 0.3) is 5.91 Å². The van der Waals surface area contributed by atoms with Crippen molar-refractivity contribution in [1.82, 2.24) is 10.2 Å². The first-order valence-corrected chi connectivity index (χ1v) is 8.64. The Morgan fingerprint density at radius 3 is 2.65 bits per heavy atom. The standard InChI is InChI=1S/C17H19FN2OS.ClH/c1-20(14-8-12-3-4-13(9-14)19-12)17(21)16-7-10-6-11(18)2-5-15(10)22-16;/h2,5-7,12-14,19H,3-4,8-9H2,1H3;1H. The molecule has 2 atom stereocenters. The Labute approximate surface area is 145 Å². The third-order valence-corrected chi connectivity index (χ3v) is 6.11. The molecule has 2 fully saturated rings. The fraction of sp³-hybridized carbons (Fsp3) is 0.471. The lowest BCUT2D eigenvalue weighted by Crippen LogP contribution is -2.48. The van der Waals surface area contributed by atoms with Gasteiger partial charge in [-0.25, -0.2) is 4.39 Å². The summed E-state index contributed by atoms with van der Waals surface area (Å²) in [6, 6.07) is 7.95. The lowest BCUT2D eigenvalue weighted by Gasteiger charge is -2.35. The van der Waals surface area contributed by atoms with Crippen molar-refractivity contribution in [3.05, 3.63) is 35.0 Å². The fourth-order valence-corrected chi connectivity index (χ4v) is 4.83. The average Bonchev–Trinajstić information content (AvgIpc) is 3.08. The Kier molecular flexibility index (Phi) is 4.63. The van der Waals surface area contributed by atoms with Crippen LogP contribution in [0.1, 0.15) is 35.4 Å². The van der Waals surface area contributed by atoms with Gasteiger partial charge in [-0.3, -0.25) is 4.79 Å². The van der Waals surface area contributed by atoms with E-state index >= 15 is 0 Å². The predicted octanol–water partition coefficient (Wildman–Crippen LogP) is 3.82. The van der Waals surface area contributed by atoms with Crippen molar-refractivity contribution in [2.24, 2.45) is 0 Å². The number of hydrogen-bond acceptors (Lipinski definition) is 3. The van der Waals surface area contributed by atoms with Gasteiger partial charge >= 0.3 is 0 Å². The van der Waals surface area contributed by atoms with Gasteiger partial charge in [-0.1, -0.05) is 0 Å². The summed E-state index contributed by atoms with van der Waals surface area (Å²) in [7, 11) is 1.91. The van der Waals surface area contributed by atoms with Crippen LogP contribution in [0.3, 0.4) is 0 Å². The number of halogens is 2. The molecule has 0 radical (unpaired) electrons. The van der Waals surface area contributed by atoms with Gasteiger partial charge in [0.05, 0.1) is 4.88 Å². The zero-order valence-electron chi connectivity index (χ0n) is 12.9. The molecule has 1 aromatic carbocycles. The van der Waals surface area contributed by atoms with Crippen LogP contribution in [0.25, 0.3) is 10.1 Å². The summed E-state index contributed by atoms with van der Waals surface area (Å²) in [5.41, 5.74) is 0. The third-order valence-electron chi connectivity index (χ3n) is 5.01. The molecule has 1 N–H and O–H groups in total. The highest BCUT2D eigenvalue weighted by molar-refractivity contribution is 7.20. The maximum Gasteiger partial charge on any atom is 0.263 e. The molecule has 2 aliphatic heterocycles. The Hall–Kier alpha value is -1.17. The summed E-state index contributed by atoms with van der Waals surface area (Å²) in [6.07, 6.45) is 4.53. The van der Waals surface area contributed by atoms with Gasteiger partial charge in [0.1, 0.15) is 5.82 Å². The number of carbonyl (C=O) groups is 1. The molecule has 2 aliphatic rings. The van der Waals surface area contributed by atoms with Crippen LogP contribution in [0, 0.1) is 5.82 Å². The summed E-state index contributed by atoms with van der Waals surface area (Å²) in [6.45, 7) is 0. The minimum atomic E-state index is -0.257. The molecule has 1 aromatic heterocycles. The van der Waals surface area contributed by atoms with Crippen LogP contribution in [0.5, 0.6) is 0 Å². The Bertz CT molecular complexity index is 722. The molecule has 2 aromatic rings. The number of fused-ring (bicyclic) bond motifs is 3. The van der Waals surface area contributed by atoms with Gasteiger partial charge in [0, 0.05) is 29.9 Å². The molecule has 2 unspecified atom stereocenters. The maximum absolute atomic E-state index is 13.3. The molecule has 0 saturated carbocycles. The van der Waals surface area contributed by atoms with Crippen LogP contribution in [0.2, 0.25) is 0 Å². The van der Waals surface area contributed by atoms with Gasteiger partial charge in [-0.2, -0.15) is 0 Å². The second-order valence-corrected chi connectivity index (χ2v) is 7.56. The van der Waals surface area contributed by atoms with Gasteiger partial charge < -0.3 is 10.2 Å². The number of hydrogen-bond donors (Lipinski definition) is 1. The summed E-state index contributed by atoms with van der Waals surface area (Å²) in [5.74, 6) is -0.194. The van der Waals surface area contributed by atoms with Crippen molar-refractivity contribution in [1.29, 1.82) is 0 Å². The van der Waals surface area contributed by atoms with Crippen molar-refractivity contribution >= 4 is 39.7 Å². The lowest BCUT2D eigenvalue weighted by molar-refractivity contribution is 0.0686. The van der Waals surface area contributed by atoms with Crippen LogP contribution in [-0.4, -0.2) is 36.0 Å². The number of benzene rings is 1. The Balaban J connectivity index is 0.00000156. The predicted molar refractivity (Wildman–Crippen MR) is 94.1 cm³/mol. The molecule has 3 heterocycles. The SMILES string of the molecule is CN(C(=O)c1cc2cc(F)ccc2s1)C1CC2CCC(C1)N2.Cl. The molecular weight excluding hydrogens is 335 g/mol. The second-order valence-electron chi connectivity index (χ2n) is 6.47. The van der Waals surface area contributed by atoms with E-state index < -0.39 is 0 Å². The van der Waals surface area contributed by atoms with Crippen LogP contribution in [0.15, 0.2) is 24.3 Å². The molecule has 0 aliphatic carbocycles. The average molecular weight is 355 g/mol. The van der Waals surface area contributed by atoms with E-state index in [1.807, 2.05) is 18.0 Å². The van der Waals surface area contributed by atoms with Gasteiger partial charge in [-0.15, -0.1) is 23.7 Å². The summed E-state index contributed by atoms with van der Waals surface area (Å²) in [4.78, 5) is 15.4. The molecule has 4 rings (SSSR count). The second kappa shape index (κ2) is 6.38. The number of nitrogens with one attached hydrogen (secondary N) is 1. The zero-order chi connectivity index (χ0) is 15.3. The molecular formula is C17H20ClFN2OS. The minimum Gasteiger partial charge on any atom is -0.338 e. The quantitative estimate of drug-likeness (QED) is 0.889. The largest absolute Gasteiger partial charge is 0.338 e. The topological polar surface area (TPSA) is 32.3 Å². The molecule has 3 nitrogen and oxygen atoms in total. The van der Waals surface area contributed by atoms with E-state index in [2.05, 4.69) is 5.32 Å². The Morgan fingerprint density at radius 1 is 1.26 bits per heavy atom. The summed E-state index contributed by atoms with van der Waals surface area (Å²) < 4.78 is 14.3. The molecule has 0 spiro atoms. The van der Waals surface area contributed by atoms with E-state index in [1.165, 1.54) is 36.3 Å². The first kappa shape index (κ1) is 16.7. The van der Waals surface area contributed by atoms with Gasteiger partial charge in [-0.05, 0) is 55.3 Å². The number of carbonyl (C=O) groups excluding carboxylic acids is 1. The van der Waals surface area contributed by atoms with Crippen molar-refractivity contribution in [2.45, 2.75) is 43.8 Å².